The molecule has 0 radical (unpaired) electrons. The topological polar surface area (TPSA) is 99.3 Å². The molecule has 2 rings (SSSR count). The molecule has 7 nitrogen and oxygen atoms in total. The van der Waals surface area contributed by atoms with Gasteiger partial charge in [-0.15, -0.1) is 0 Å². The first-order valence-electron chi connectivity index (χ1n) is 7.41. The minimum absolute atomic E-state index is 0.231. The SMILES string of the molecule is Cc1cccc(NC(=O)NCC(=O)NNC(=O)c2ccccc2Cl)c1. The van der Waals surface area contributed by atoms with E-state index in [-0.39, 0.29) is 17.1 Å². The number of nitrogens with one attached hydrogen (secondary N) is 4. The van der Waals surface area contributed by atoms with E-state index in [9.17, 15) is 14.4 Å². The number of carbonyl (C=O) groups excluding carboxylic acids is 3. The smallest absolute Gasteiger partial charge is 0.319 e. The first-order valence-corrected chi connectivity index (χ1v) is 7.79. The number of carbonyl (C=O) groups is 3. The summed E-state index contributed by atoms with van der Waals surface area (Å²) in [7, 11) is 0. The van der Waals surface area contributed by atoms with Crippen molar-refractivity contribution < 1.29 is 14.4 Å². The molecule has 0 aliphatic heterocycles. The lowest BCUT2D eigenvalue weighted by Gasteiger charge is -2.10. The molecule has 0 bridgehead atoms. The predicted octanol–water partition coefficient (Wildman–Crippen LogP) is 2.23. The van der Waals surface area contributed by atoms with Crippen molar-refractivity contribution in [3.05, 3.63) is 64.7 Å². The molecule has 0 heterocycles. The molecule has 25 heavy (non-hydrogen) atoms. The van der Waals surface area contributed by atoms with Crippen LogP contribution in [0.15, 0.2) is 48.5 Å². The molecule has 0 atom stereocenters. The first-order chi connectivity index (χ1) is 12.0. The highest BCUT2D eigenvalue weighted by atomic mass is 35.5. The summed E-state index contributed by atoms with van der Waals surface area (Å²) in [5.41, 5.74) is 6.27. The Balaban J connectivity index is 1.74. The van der Waals surface area contributed by atoms with Crippen molar-refractivity contribution in [1.82, 2.24) is 16.2 Å². The number of benzene rings is 2. The lowest BCUT2D eigenvalue weighted by Crippen LogP contribution is -2.47. The lowest BCUT2D eigenvalue weighted by atomic mass is 10.2. The molecule has 4 amide bonds. The van der Waals surface area contributed by atoms with Gasteiger partial charge in [-0.05, 0) is 36.8 Å². The van der Waals surface area contributed by atoms with Gasteiger partial charge in [0.25, 0.3) is 11.8 Å². The van der Waals surface area contributed by atoms with Crippen molar-refractivity contribution in [3.8, 4) is 0 Å². The minimum Gasteiger partial charge on any atom is -0.329 e. The van der Waals surface area contributed by atoms with E-state index in [0.717, 1.165) is 5.56 Å². The third kappa shape index (κ3) is 5.82. The zero-order chi connectivity index (χ0) is 18.2. The van der Waals surface area contributed by atoms with E-state index < -0.39 is 17.8 Å². The number of aryl methyl sites for hydroxylation is 1. The van der Waals surface area contributed by atoms with Gasteiger partial charge in [0.15, 0.2) is 0 Å². The molecule has 130 valence electrons. The monoisotopic (exact) mass is 360 g/mol. The van der Waals surface area contributed by atoms with Crippen LogP contribution in [0.25, 0.3) is 0 Å². The van der Waals surface area contributed by atoms with Crippen LogP contribution in [0.4, 0.5) is 10.5 Å². The van der Waals surface area contributed by atoms with Crippen molar-refractivity contribution in [2.24, 2.45) is 0 Å². The highest BCUT2D eigenvalue weighted by Crippen LogP contribution is 2.14. The van der Waals surface area contributed by atoms with Gasteiger partial charge in [-0.1, -0.05) is 35.9 Å². The van der Waals surface area contributed by atoms with Crippen LogP contribution in [-0.4, -0.2) is 24.4 Å². The largest absolute Gasteiger partial charge is 0.329 e. The van der Waals surface area contributed by atoms with Gasteiger partial charge < -0.3 is 10.6 Å². The van der Waals surface area contributed by atoms with Crippen LogP contribution in [0.3, 0.4) is 0 Å². The Labute approximate surface area is 149 Å². The summed E-state index contributed by atoms with van der Waals surface area (Å²) in [6, 6.07) is 13.1. The second-order valence-electron chi connectivity index (χ2n) is 5.16. The van der Waals surface area contributed by atoms with Crippen molar-refractivity contribution in [1.29, 1.82) is 0 Å². The standard InChI is InChI=1S/C17H17ClN4O3/c1-11-5-4-6-12(9-11)20-17(25)19-10-15(23)21-22-16(24)13-7-2-3-8-14(13)18/h2-9H,10H2,1H3,(H,21,23)(H,22,24)(H2,19,20,25). The van der Waals surface area contributed by atoms with Crippen molar-refractivity contribution in [2.75, 3.05) is 11.9 Å². The molecule has 4 N–H and O–H groups in total. The van der Waals surface area contributed by atoms with Crippen molar-refractivity contribution >= 4 is 35.1 Å². The molecular weight excluding hydrogens is 344 g/mol. The number of halogens is 1. The first kappa shape index (κ1) is 18.3. The number of urea groups is 1. The van der Waals surface area contributed by atoms with Gasteiger partial charge in [0.05, 0.1) is 10.6 Å². The molecule has 0 saturated heterocycles. The molecule has 0 aromatic heterocycles. The number of hydrazine groups is 1. The maximum atomic E-state index is 11.9. The fourth-order valence-electron chi connectivity index (χ4n) is 1.94. The summed E-state index contributed by atoms with van der Waals surface area (Å²) in [5, 5.41) is 5.26. The van der Waals surface area contributed by atoms with Gasteiger partial charge in [0.2, 0.25) is 0 Å². The Morgan fingerprint density at radius 1 is 1.00 bits per heavy atom. The number of hydrogen-bond donors (Lipinski definition) is 4. The van der Waals surface area contributed by atoms with Crippen LogP contribution in [0.5, 0.6) is 0 Å². The summed E-state index contributed by atoms with van der Waals surface area (Å²) in [5.74, 6) is -1.14. The Hall–Kier alpha value is -3.06. The number of hydrogen-bond acceptors (Lipinski definition) is 3. The van der Waals surface area contributed by atoms with Gasteiger partial charge in [0.1, 0.15) is 6.54 Å². The molecule has 2 aromatic carbocycles. The van der Waals surface area contributed by atoms with E-state index in [1.807, 2.05) is 19.1 Å². The summed E-state index contributed by atoms with van der Waals surface area (Å²) >= 11 is 5.89. The molecule has 8 heteroatoms. The summed E-state index contributed by atoms with van der Waals surface area (Å²) in [6.45, 7) is 1.60. The predicted molar refractivity (Wildman–Crippen MR) is 95.3 cm³/mol. The van der Waals surface area contributed by atoms with Crippen LogP contribution < -0.4 is 21.5 Å². The van der Waals surface area contributed by atoms with E-state index >= 15 is 0 Å². The second kappa shape index (κ2) is 8.70. The zero-order valence-electron chi connectivity index (χ0n) is 13.4. The van der Waals surface area contributed by atoms with Crippen LogP contribution >= 0.6 is 11.6 Å². The third-order valence-corrected chi connectivity index (χ3v) is 3.45. The van der Waals surface area contributed by atoms with Crippen LogP contribution in [0.1, 0.15) is 15.9 Å². The molecule has 0 aliphatic carbocycles. The third-order valence-electron chi connectivity index (χ3n) is 3.12. The number of amides is 4. The summed E-state index contributed by atoms with van der Waals surface area (Å²) < 4.78 is 0. The maximum absolute atomic E-state index is 11.9. The molecule has 0 fully saturated rings. The summed E-state index contributed by atoms with van der Waals surface area (Å²) in [4.78, 5) is 35.3. The van der Waals surface area contributed by atoms with E-state index in [4.69, 9.17) is 11.6 Å². The number of anilines is 1. The van der Waals surface area contributed by atoms with Gasteiger partial charge >= 0.3 is 6.03 Å². The fourth-order valence-corrected chi connectivity index (χ4v) is 2.16. The molecule has 0 aliphatic rings. The van der Waals surface area contributed by atoms with Gasteiger partial charge in [-0.3, -0.25) is 20.4 Å². The quantitative estimate of drug-likeness (QED) is 0.629. The average molecular weight is 361 g/mol. The van der Waals surface area contributed by atoms with Gasteiger partial charge in [-0.2, -0.15) is 0 Å². The van der Waals surface area contributed by atoms with Crippen molar-refractivity contribution in [3.63, 3.8) is 0 Å². The molecular formula is C17H17ClN4O3. The highest BCUT2D eigenvalue weighted by Gasteiger charge is 2.11. The second-order valence-corrected chi connectivity index (χ2v) is 5.57. The van der Waals surface area contributed by atoms with E-state index in [1.54, 1.807) is 30.3 Å². The molecule has 0 spiro atoms. The summed E-state index contributed by atoms with van der Waals surface area (Å²) in [6.07, 6.45) is 0. The van der Waals surface area contributed by atoms with Gasteiger partial charge in [-0.25, -0.2) is 4.79 Å². The van der Waals surface area contributed by atoms with E-state index in [1.165, 1.54) is 6.07 Å². The molecule has 2 aromatic rings. The normalized spacial score (nSPS) is 9.84. The van der Waals surface area contributed by atoms with Crippen LogP contribution in [0, 0.1) is 6.92 Å². The lowest BCUT2D eigenvalue weighted by molar-refractivity contribution is -0.120. The fraction of sp³-hybridized carbons (Fsp3) is 0.118. The van der Waals surface area contributed by atoms with Crippen LogP contribution in [-0.2, 0) is 4.79 Å². The van der Waals surface area contributed by atoms with E-state index in [2.05, 4.69) is 21.5 Å². The maximum Gasteiger partial charge on any atom is 0.319 e. The zero-order valence-corrected chi connectivity index (χ0v) is 14.2. The Morgan fingerprint density at radius 3 is 2.48 bits per heavy atom. The molecule has 0 saturated carbocycles. The van der Waals surface area contributed by atoms with Crippen molar-refractivity contribution in [2.45, 2.75) is 6.92 Å². The molecule has 0 unspecified atom stereocenters. The Morgan fingerprint density at radius 2 is 1.76 bits per heavy atom. The Bertz CT molecular complexity index is 795. The highest BCUT2D eigenvalue weighted by molar-refractivity contribution is 6.33. The Kier molecular flexibility index (Phi) is 6.36. The number of rotatable bonds is 4. The van der Waals surface area contributed by atoms with Gasteiger partial charge in [0, 0.05) is 5.69 Å². The van der Waals surface area contributed by atoms with Crippen LogP contribution in [0.2, 0.25) is 5.02 Å². The average Bonchev–Trinajstić information content (AvgIpc) is 2.58. The van der Waals surface area contributed by atoms with E-state index in [0.29, 0.717) is 5.69 Å². The minimum atomic E-state index is -0.584.